The van der Waals surface area contributed by atoms with Crippen LogP contribution in [0.1, 0.15) is 45.6 Å². The molecule has 1 aromatic rings. The van der Waals surface area contributed by atoms with Crippen LogP contribution in [0.3, 0.4) is 0 Å². The number of rotatable bonds is 5. The molecule has 0 spiro atoms. The Morgan fingerprint density at radius 2 is 2.00 bits per heavy atom. The van der Waals surface area contributed by atoms with Crippen molar-refractivity contribution in [2.75, 3.05) is 18.0 Å². The van der Waals surface area contributed by atoms with Crippen LogP contribution in [0.2, 0.25) is 0 Å². The van der Waals surface area contributed by atoms with Crippen LogP contribution in [0.5, 0.6) is 0 Å². The first-order chi connectivity index (χ1) is 17.1. The van der Waals surface area contributed by atoms with Crippen molar-refractivity contribution in [3.8, 4) is 12.1 Å². The van der Waals surface area contributed by atoms with Gasteiger partial charge in [0.25, 0.3) is 0 Å². The number of likely N-dealkylation sites (tertiary alicyclic amines) is 2. The van der Waals surface area contributed by atoms with Gasteiger partial charge in [0, 0.05) is 24.8 Å². The Morgan fingerprint density at radius 1 is 1.22 bits per heavy atom. The molecule has 3 saturated heterocycles. The first-order valence-corrected chi connectivity index (χ1v) is 12.4. The number of benzene rings is 1. The van der Waals surface area contributed by atoms with E-state index in [4.69, 9.17) is 4.74 Å². The van der Waals surface area contributed by atoms with E-state index in [1.165, 1.54) is 0 Å². The predicted molar refractivity (Wildman–Crippen MR) is 128 cm³/mol. The van der Waals surface area contributed by atoms with Crippen LogP contribution in [-0.2, 0) is 14.3 Å². The monoisotopic (exact) mass is 490 g/mol. The number of amides is 3. The number of piperazine rings is 1. The van der Waals surface area contributed by atoms with Crippen LogP contribution in [0.15, 0.2) is 24.3 Å². The minimum atomic E-state index is -0.933. The number of anilines is 1. The zero-order chi connectivity index (χ0) is 25.8. The van der Waals surface area contributed by atoms with Gasteiger partial charge in [-0.2, -0.15) is 10.5 Å². The molecule has 1 saturated carbocycles. The summed E-state index contributed by atoms with van der Waals surface area (Å²) >= 11 is 0. The van der Waals surface area contributed by atoms with Crippen molar-refractivity contribution in [2.45, 2.75) is 75.8 Å². The molecule has 0 radical (unpaired) electrons. The van der Waals surface area contributed by atoms with Crippen LogP contribution < -0.4 is 10.2 Å². The van der Waals surface area contributed by atoms with Crippen molar-refractivity contribution in [1.29, 1.82) is 10.5 Å². The number of piperidine rings is 1. The average Bonchev–Trinajstić information content (AvgIpc) is 3.15. The van der Waals surface area contributed by atoms with Gasteiger partial charge in [-0.1, -0.05) is 6.07 Å². The second kappa shape index (κ2) is 8.79. The standard InChI is InChI=1S/C26H30N6O4/c1-26(2,3)36-25(35)29-20(23(33)32-18(12-28)8-16-9-21(16)32)14-30-13-19-10-22(30)24(34)31(19)17-6-4-5-15(7-17)11-27/h4-7,16,18-22H,8-10,13-14H2,1-3H3,(H,29,35)/t16-,18?,19+,20?,21+,22?/m1/s1. The zero-order valence-electron chi connectivity index (χ0n) is 20.7. The Morgan fingerprint density at radius 3 is 2.67 bits per heavy atom. The van der Waals surface area contributed by atoms with Gasteiger partial charge in [-0.15, -0.1) is 0 Å². The molecule has 10 heteroatoms. The van der Waals surface area contributed by atoms with Crippen LogP contribution in [-0.4, -0.2) is 76.6 Å². The molecular formula is C26H30N6O4. The van der Waals surface area contributed by atoms with Gasteiger partial charge in [0.1, 0.15) is 17.7 Å². The normalized spacial score (nSPS) is 29.4. The summed E-state index contributed by atoms with van der Waals surface area (Å²) < 4.78 is 5.41. The maximum atomic E-state index is 13.6. The number of ether oxygens (including phenoxy) is 1. The Labute approximate surface area is 210 Å². The minimum absolute atomic E-state index is 0.0460. The van der Waals surface area contributed by atoms with Gasteiger partial charge >= 0.3 is 6.09 Å². The fourth-order valence-corrected chi connectivity index (χ4v) is 5.87. The summed E-state index contributed by atoms with van der Waals surface area (Å²) in [6.07, 6.45) is 1.45. The van der Waals surface area contributed by atoms with Crippen LogP contribution in [0.25, 0.3) is 0 Å². The van der Waals surface area contributed by atoms with E-state index in [9.17, 15) is 24.9 Å². The van der Waals surface area contributed by atoms with Gasteiger partial charge < -0.3 is 19.9 Å². The second-order valence-electron chi connectivity index (χ2n) is 11.1. The molecule has 6 atom stereocenters. The molecule has 0 aromatic heterocycles. The number of nitriles is 2. The molecule has 1 aliphatic carbocycles. The molecular weight excluding hydrogens is 460 g/mol. The molecule has 3 aliphatic heterocycles. The van der Waals surface area contributed by atoms with Gasteiger partial charge in [0.15, 0.2) is 0 Å². The SMILES string of the molecule is CC(C)(C)OC(=O)NC(CN1C[C@@H]2CC1C(=O)N2c1cccc(C#N)c1)C(=O)N1C(C#N)C[C@@H]2C[C@@H]21. The van der Waals surface area contributed by atoms with E-state index in [-0.39, 0.29) is 30.4 Å². The van der Waals surface area contributed by atoms with Crippen molar-refractivity contribution in [3.63, 3.8) is 0 Å². The van der Waals surface area contributed by atoms with Crippen molar-refractivity contribution >= 4 is 23.6 Å². The summed E-state index contributed by atoms with van der Waals surface area (Å²) in [6, 6.07) is 9.44. The Bertz CT molecular complexity index is 1180. The Kier molecular flexibility index (Phi) is 5.88. The van der Waals surface area contributed by atoms with E-state index in [0.717, 1.165) is 6.42 Å². The lowest BCUT2D eigenvalue weighted by Crippen LogP contribution is -2.59. The van der Waals surface area contributed by atoms with Gasteiger partial charge in [0.2, 0.25) is 11.8 Å². The summed E-state index contributed by atoms with van der Waals surface area (Å²) in [5.74, 6) is -0.0303. The highest BCUT2D eigenvalue weighted by molar-refractivity contribution is 6.01. The number of hydrogen-bond acceptors (Lipinski definition) is 7. The first-order valence-electron chi connectivity index (χ1n) is 12.4. The fourth-order valence-electron chi connectivity index (χ4n) is 5.87. The number of carbonyl (C=O) groups is 3. The molecule has 10 nitrogen and oxygen atoms in total. The molecule has 3 heterocycles. The first kappa shape index (κ1) is 24.1. The average molecular weight is 491 g/mol. The lowest BCUT2D eigenvalue weighted by molar-refractivity contribution is -0.136. The van der Waals surface area contributed by atoms with Crippen LogP contribution in [0, 0.1) is 28.6 Å². The lowest BCUT2D eigenvalue weighted by Gasteiger charge is -2.36. The van der Waals surface area contributed by atoms with Gasteiger partial charge in [-0.25, -0.2) is 4.79 Å². The van der Waals surface area contributed by atoms with Crippen molar-refractivity contribution < 1.29 is 19.1 Å². The van der Waals surface area contributed by atoms with Gasteiger partial charge in [0.05, 0.1) is 29.8 Å². The summed E-state index contributed by atoms with van der Waals surface area (Å²) in [5.41, 5.74) is 0.450. The molecule has 36 heavy (non-hydrogen) atoms. The summed E-state index contributed by atoms with van der Waals surface area (Å²) in [6.45, 7) is 5.94. The molecule has 2 bridgehead atoms. The smallest absolute Gasteiger partial charge is 0.408 e. The second-order valence-corrected chi connectivity index (χ2v) is 11.1. The van der Waals surface area contributed by atoms with Crippen molar-refractivity contribution in [1.82, 2.24) is 15.1 Å². The summed E-state index contributed by atoms with van der Waals surface area (Å²) in [4.78, 5) is 44.9. The van der Waals surface area contributed by atoms with Gasteiger partial charge in [-0.3, -0.25) is 14.5 Å². The summed E-state index contributed by atoms with van der Waals surface area (Å²) in [7, 11) is 0. The molecule has 3 unspecified atom stereocenters. The highest BCUT2D eigenvalue weighted by Crippen LogP contribution is 2.48. The highest BCUT2D eigenvalue weighted by Gasteiger charge is 2.56. The van der Waals surface area contributed by atoms with E-state index in [1.807, 2.05) is 11.0 Å². The third-order valence-electron chi connectivity index (χ3n) is 7.44. The number of hydrogen-bond donors (Lipinski definition) is 1. The minimum Gasteiger partial charge on any atom is -0.444 e. The van der Waals surface area contributed by atoms with E-state index < -0.39 is 29.8 Å². The van der Waals surface area contributed by atoms with E-state index in [2.05, 4.69) is 17.5 Å². The van der Waals surface area contributed by atoms with Gasteiger partial charge in [-0.05, 0) is 64.2 Å². The number of carbonyl (C=O) groups excluding carboxylic acids is 3. The molecule has 188 valence electrons. The lowest BCUT2D eigenvalue weighted by atomic mass is 10.1. The maximum absolute atomic E-state index is 13.6. The topological polar surface area (TPSA) is 130 Å². The maximum Gasteiger partial charge on any atom is 0.408 e. The molecule has 1 N–H and O–H groups in total. The van der Waals surface area contributed by atoms with Crippen LogP contribution >= 0.6 is 0 Å². The Balaban J connectivity index is 1.33. The van der Waals surface area contributed by atoms with E-state index in [0.29, 0.717) is 36.6 Å². The van der Waals surface area contributed by atoms with Crippen molar-refractivity contribution in [2.24, 2.45) is 5.92 Å². The highest BCUT2D eigenvalue weighted by atomic mass is 16.6. The fraction of sp³-hybridized carbons (Fsp3) is 0.577. The number of nitrogens with zero attached hydrogens (tertiary/aromatic N) is 5. The third-order valence-corrected chi connectivity index (χ3v) is 7.44. The van der Waals surface area contributed by atoms with E-state index >= 15 is 0 Å². The predicted octanol–water partition coefficient (Wildman–Crippen LogP) is 1.75. The molecule has 3 amide bonds. The molecule has 1 aromatic carbocycles. The molecule has 4 aliphatic rings. The Hall–Kier alpha value is -3.63. The quantitative estimate of drug-likeness (QED) is 0.666. The van der Waals surface area contributed by atoms with Crippen molar-refractivity contribution in [3.05, 3.63) is 29.8 Å². The zero-order valence-corrected chi connectivity index (χ0v) is 20.7. The number of nitrogens with one attached hydrogen (secondary N) is 1. The molecule has 4 fully saturated rings. The molecule has 5 rings (SSSR count). The summed E-state index contributed by atoms with van der Waals surface area (Å²) in [5, 5.41) is 21.5. The van der Waals surface area contributed by atoms with Crippen LogP contribution in [0.4, 0.5) is 10.5 Å². The number of fused-ring (bicyclic) bond motifs is 3. The van der Waals surface area contributed by atoms with E-state index in [1.54, 1.807) is 48.8 Å². The largest absolute Gasteiger partial charge is 0.444 e. The number of alkyl carbamates (subject to hydrolysis) is 1. The third kappa shape index (κ3) is 4.38.